The first-order valence-electron chi connectivity index (χ1n) is 5.17. The fourth-order valence-electron chi connectivity index (χ4n) is 2.48. The number of halogens is 1. The Hall–Kier alpha value is -0.680. The van der Waals surface area contributed by atoms with Gasteiger partial charge in [0, 0.05) is 12.1 Å². The summed E-state index contributed by atoms with van der Waals surface area (Å²) >= 11 is 3.30. The van der Waals surface area contributed by atoms with Gasteiger partial charge in [-0.1, -0.05) is 0 Å². The Kier molecular flexibility index (Phi) is 2.17. The monoisotopic (exact) mass is 269 g/mol. The van der Waals surface area contributed by atoms with E-state index in [4.69, 9.17) is 10.5 Å². The van der Waals surface area contributed by atoms with Crippen LogP contribution >= 0.6 is 15.9 Å². The highest BCUT2D eigenvalue weighted by Gasteiger charge is 2.42. The van der Waals surface area contributed by atoms with Gasteiger partial charge < -0.3 is 10.5 Å². The Balaban J connectivity index is 1.90. The van der Waals surface area contributed by atoms with Crippen molar-refractivity contribution in [1.29, 1.82) is 0 Å². The molecule has 0 aromatic carbocycles. The number of anilines is 1. The highest BCUT2D eigenvalue weighted by molar-refractivity contribution is 9.10. The molecule has 2 aliphatic heterocycles. The second-order valence-corrected chi connectivity index (χ2v) is 5.03. The van der Waals surface area contributed by atoms with Gasteiger partial charge in [0.1, 0.15) is 11.6 Å². The summed E-state index contributed by atoms with van der Waals surface area (Å²) in [6.07, 6.45) is 5.83. The Morgan fingerprint density at radius 1 is 1.47 bits per heavy atom. The summed E-state index contributed by atoms with van der Waals surface area (Å²) in [7, 11) is 0. The Bertz CT molecular complexity index is 398. The van der Waals surface area contributed by atoms with Crippen LogP contribution in [-0.2, 0) is 4.74 Å². The van der Waals surface area contributed by atoms with Gasteiger partial charge in [-0.3, -0.25) is 0 Å². The molecule has 1 aromatic rings. The molecular formula is C10H12BrN3O. The smallest absolute Gasteiger partial charge is 0.141 e. The average molecular weight is 270 g/mol. The molecule has 3 unspecified atom stereocenters. The van der Waals surface area contributed by atoms with E-state index in [1.165, 1.54) is 6.42 Å². The van der Waals surface area contributed by atoms with Crippen LogP contribution in [0.25, 0.3) is 0 Å². The van der Waals surface area contributed by atoms with Gasteiger partial charge in [0.15, 0.2) is 0 Å². The van der Waals surface area contributed by atoms with Crippen LogP contribution in [0, 0.1) is 0 Å². The summed E-state index contributed by atoms with van der Waals surface area (Å²) in [5, 5.41) is 0. The van der Waals surface area contributed by atoms with Crippen molar-refractivity contribution in [3.8, 4) is 0 Å². The number of hydrogen-bond donors (Lipinski definition) is 1. The zero-order valence-corrected chi connectivity index (χ0v) is 9.77. The molecule has 3 rings (SSSR count). The van der Waals surface area contributed by atoms with Crippen molar-refractivity contribution < 1.29 is 4.74 Å². The number of nitrogens with zero attached hydrogens (tertiary/aromatic N) is 2. The molecule has 2 fully saturated rings. The lowest BCUT2D eigenvalue weighted by molar-refractivity contribution is 0.0999. The first kappa shape index (κ1) is 9.54. The van der Waals surface area contributed by atoms with Crippen molar-refractivity contribution in [2.24, 2.45) is 0 Å². The van der Waals surface area contributed by atoms with Gasteiger partial charge >= 0.3 is 0 Å². The van der Waals surface area contributed by atoms with Crippen LogP contribution in [0.2, 0.25) is 0 Å². The molecule has 0 saturated carbocycles. The van der Waals surface area contributed by atoms with E-state index in [0.29, 0.717) is 23.9 Å². The molecule has 80 valence electrons. The molecule has 5 heteroatoms. The van der Waals surface area contributed by atoms with E-state index in [1.807, 2.05) is 0 Å². The SMILES string of the molecule is Nc1nc(C2CC3CCC2O3)ncc1Br. The third-order valence-electron chi connectivity index (χ3n) is 3.23. The summed E-state index contributed by atoms with van der Waals surface area (Å²) in [6, 6.07) is 0. The van der Waals surface area contributed by atoms with E-state index in [2.05, 4.69) is 25.9 Å². The fourth-order valence-corrected chi connectivity index (χ4v) is 2.67. The molecule has 4 nitrogen and oxygen atoms in total. The van der Waals surface area contributed by atoms with E-state index >= 15 is 0 Å². The van der Waals surface area contributed by atoms with Gasteiger partial charge in [0.25, 0.3) is 0 Å². The largest absolute Gasteiger partial charge is 0.383 e. The van der Waals surface area contributed by atoms with Crippen LogP contribution in [0.3, 0.4) is 0 Å². The maximum atomic E-state index is 5.78. The maximum absolute atomic E-state index is 5.78. The van der Waals surface area contributed by atoms with E-state index in [1.54, 1.807) is 6.20 Å². The molecule has 0 spiro atoms. The Morgan fingerprint density at radius 3 is 2.93 bits per heavy atom. The second kappa shape index (κ2) is 3.42. The molecule has 0 radical (unpaired) electrons. The van der Waals surface area contributed by atoms with Crippen molar-refractivity contribution >= 4 is 21.7 Å². The van der Waals surface area contributed by atoms with Gasteiger partial charge in [-0.05, 0) is 35.2 Å². The Labute approximate surface area is 96.4 Å². The van der Waals surface area contributed by atoms with E-state index in [-0.39, 0.29) is 0 Å². The molecule has 2 N–H and O–H groups in total. The number of aromatic nitrogens is 2. The number of ether oxygens (including phenoxy) is 1. The molecular weight excluding hydrogens is 258 g/mol. The second-order valence-electron chi connectivity index (χ2n) is 4.18. The van der Waals surface area contributed by atoms with Gasteiger partial charge in [-0.25, -0.2) is 9.97 Å². The van der Waals surface area contributed by atoms with Gasteiger partial charge in [-0.15, -0.1) is 0 Å². The normalized spacial score (nSPS) is 33.5. The van der Waals surface area contributed by atoms with E-state index in [0.717, 1.165) is 23.1 Å². The molecule has 2 saturated heterocycles. The molecule has 2 aliphatic rings. The van der Waals surface area contributed by atoms with Crippen molar-refractivity contribution in [1.82, 2.24) is 9.97 Å². The third kappa shape index (κ3) is 1.54. The van der Waals surface area contributed by atoms with E-state index in [9.17, 15) is 0 Å². The summed E-state index contributed by atoms with van der Waals surface area (Å²) in [5.74, 6) is 1.70. The minimum absolute atomic E-state index is 0.315. The first-order chi connectivity index (χ1) is 7.24. The molecule has 1 aromatic heterocycles. The summed E-state index contributed by atoms with van der Waals surface area (Å²) in [5.41, 5.74) is 5.75. The lowest BCUT2D eigenvalue weighted by Crippen LogP contribution is -2.17. The van der Waals surface area contributed by atoms with Crippen LogP contribution < -0.4 is 5.73 Å². The number of nitrogens with two attached hydrogens (primary N) is 1. The minimum atomic E-state index is 0.315. The topological polar surface area (TPSA) is 61.0 Å². The molecule has 3 heterocycles. The first-order valence-corrected chi connectivity index (χ1v) is 5.96. The van der Waals surface area contributed by atoms with Gasteiger partial charge in [-0.2, -0.15) is 0 Å². The molecule has 2 bridgehead atoms. The quantitative estimate of drug-likeness (QED) is 0.846. The number of fused-ring (bicyclic) bond motifs is 2. The van der Waals surface area contributed by atoms with Gasteiger partial charge in [0.2, 0.25) is 0 Å². The standard InChI is InChI=1S/C10H12BrN3O/c11-7-4-13-10(14-9(7)12)6-3-5-1-2-8(6)15-5/h4-6,8H,1-3H2,(H2,12,13,14). The van der Waals surface area contributed by atoms with Crippen LogP contribution in [-0.4, -0.2) is 22.2 Å². The average Bonchev–Trinajstić information content (AvgIpc) is 2.83. The molecule has 3 atom stereocenters. The van der Waals surface area contributed by atoms with Gasteiger partial charge in [0.05, 0.1) is 16.7 Å². The van der Waals surface area contributed by atoms with Crippen LogP contribution in [0.4, 0.5) is 5.82 Å². The molecule has 15 heavy (non-hydrogen) atoms. The highest BCUT2D eigenvalue weighted by Crippen LogP contribution is 2.43. The predicted octanol–water partition coefficient (Wildman–Crippen LogP) is 1.86. The van der Waals surface area contributed by atoms with Crippen molar-refractivity contribution in [3.05, 3.63) is 16.5 Å². The van der Waals surface area contributed by atoms with Crippen molar-refractivity contribution in [2.45, 2.75) is 37.4 Å². The molecule has 0 amide bonds. The maximum Gasteiger partial charge on any atom is 0.141 e. The minimum Gasteiger partial charge on any atom is -0.383 e. The summed E-state index contributed by atoms with van der Waals surface area (Å²) in [4.78, 5) is 8.64. The van der Waals surface area contributed by atoms with Crippen LogP contribution in [0.5, 0.6) is 0 Å². The van der Waals surface area contributed by atoms with Crippen LogP contribution in [0.15, 0.2) is 10.7 Å². The molecule has 0 aliphatic carbocycles. The zero-order chi connectivity index (χ0) is 10.4. The predicted molar refractivity (Wildman–Crippen MR) is 59.4 cm³/mol. The highest BCUT2D eigenvalue weighted by atomic mass is 79.9. The van der Waals surface area contributed by atoms with Crippen molar-refractivity contribution in [2.75, 3.05) is 5.73 Å². The number of rotatable bonds is 1. The van der Waals surface area contributed by atoms with E-state index < -0.39 is 0 Å². The van der Waals surface area contributed by atoms with Crippen LogP contribution in [0.1, 0.15) is 31.0 Å². The summed E-state index contributed by atoms with van der Waals surface area (Å²) < 4.78 is 6.54. The summed E-state index contributed by atoms with van der Waals surface area (Å²) in [6.45, 7) is 0. The number of nitrogen functional groups attached to an aromatic ring is 1. The van der Waals surface area contributed by atoms with Crippen molar-refractivity contribution in [3.63, 3.8) is 0 Å². The third-order valence-corrected chi connectivity index (χ3v) is 3.84. The Morgan fingerprint density at radius 2 is 2.33 bits per heavy atom. The lowest BCUT2D eigenvalue weighted by Gasteiger charge is -2.17. The lowest BCUT2D eigenvalue weighted by atomic mass is 9.88. The number of hydrogen-bond acceptors (Lipinski definition) is 4. The zero-order valence-electron chi connectivity index (χ0n) is 8.19. The fraction of sp³-hybridized carbons (Fsp3) is 0.600.